The SMILES string of the molecule is CC1CC1C(=O)Nc1cc2c(cc1N)OCO2. The van der Waals surface area contributed by atoms with Gasteiger partial charge in [0.2, 0.25) is 12.7 Å². The van der Waals surface area contributed by atoms with Crippen LogP contribution in [0.5, 0.6) is 11.5 Å². The van der Waals surface area contributed by atoms with Crippen molar-refractivity contribution in [2.24, 2.45) is 11.8 Å². The molecule has 1 aromatic rings. The monoisotopic (exact) mass is 234 g/mol. The molecule has 2 atom stereocenters. The summed E-state index contributed by atoms with van der Waals surface area (Å²) in [6.45, 7) is 2.26. The number of ether oxygens (including phenoxy) is 2. The van der Waals surface area contributed by atoms with Crippen molar-refractivity contribution in [3.8, 4) is 11.5 Å². The van der Waals surface area contributed by atoms with E-state index in [1.54, 1.807) is 12.1 Å². The molecule has 1 aliphatic heterocycles. The molecule has 0 bridgehead atoms. The summed E-state index contributed by atoms with van der Waals surface area (Å²) in [6.07, 6.45) is 0.955. The molecule has 0 radical (unpaired) electrons. The van der Waals surface area contributed by atoms with E-state index in [4.69, 9.17) is 15.2 Å². The zero-order valence-electron chi connectivity index (χ0n) is 9.53. The number of rotatable bonds is 2. The van der Waals surface area contributed by atoms with Crippen molar-refractivity contribution < 1.29 is 14.3 Å². The van der Waals surface area contributed by atoms with Gasteiger partial charge in [0.05, 0.1) is 11.4 Å². The van der Waals surface area contributed by atoms with E-state index in [1.165, 1.54) is 0 Å². The Balaban J connectivity index is 1.81. The summed E-state index contributed by atoms with van der Waals surface area (Å²) in [4.78, 5) is 11.8. The second kappa shape index (κ2) is 3.55. The molecule has 1 fully saturated rings. The van der Waals surface area contributed by atoms with E-state index in [-0.39, 0.29) is 18.6 Å². The van der Waals surface area contributed by atoms with Crippen LogP contribution >= 0.6 is 0 Å². The second-order valence-corrected chi connectivity index (χ2v) is 4.60. The van der Waals surface area contributed by atoms with Crippen molar-refractivity contribution in [1.29, 1.82) is 0 Å². The molecule has 5 heteroatoms. The number of anilines is 2. The first-order chi connectivity index (χ1) is 8.15. The predicted octanol–water partition coefficient (Wildman–Crippen LogP) is 1.59. The van der Waals surface area contributed by atoms with Crippen molar-refractivity contribution in [3.05, 3.63) is 12.1 Å². The highest BCUT2D eigenvalue weighted by Gasteiger charge is 2.39. The largest absolute Gasteiger partial charge is 0.454 e. The molecule has 2 unspecified atom stereocenters. The van der Waals surface area contributed by atoms with Gasteiger partial charge in [-0.25, -0.2) is 0 Å². The predicted molar refractivity (Wildman–Crippen MR) is 62.9 cm³/mol. The number of benzene rings is 1. The van der Waals surface area contributed by atoms with Crippen LogP contribution in [-0.4, -0.2) is 12.7 Å². The maximum absolute atomic E-state index is 11.8. The van der Waals surface area contributed by atoms with Gasteiger partial charge in [-0.3, -0.25) is 4.79 Å². The molecule has 5 nitrogen and oxygen atoms in total. The van der Waals surface area contributed by atoms with E-state index in [0.717, 1.165) is 6.42 Å². The summed E-state index contributed by atoms with van der Waals surface area (Å²) in [6, 6.07) is 3.39. The fourth-order valence-electron chi connectivity index (χ4n) is 1.98. The number of nitrogens with one attached hydrogen (secondary N) is 1. The first kappa shape index (κ1) is 10.3. The molecular formula is C12H14N2O3. The third-order valence-electron chi connectivity index (χ3n) is 3.25. The molecule has 1 aliphatic carbocycles. The van der Waals surface area contributed by atoms with E-state index in [9.17, 15) is 4.79 Å². The third kappa shape index (κ3) is 1.77. The topological polar surface area (TPSA) is 73.6 Å². The van der Waals surface area contributed by atoms with Gasteiger partial charge in [0.15, 0.2) is 11.5 Å². The number of carbonyl (C=O) groups excluding carboxylic acids is 1. The highest BCUT2D eigenvalue weighted by atomic mass is 16.7. The summed E-state index contributed by atoms with van der Waals surface area (Å²) in [5.74, 6) is 1.88. The van der Waals surface area contributed by atoms with E-state index < -0.39 is 0 Å². The standard InChI is InChI=1S/C12H14N2O3/c1-6-2-7(6)12(15)14-9-4-11-10(3-8(9)13)16-5-17-11/h3-4,6-7H,2,5,13H2,1H3,(H,14,15). The van der Waals surface area contributed by atoms with E-state index in [1.807, 2.05) is 0 Å². The Hall–Kier alpha value is -1.91. The fraction of sp³-hybridized carbons (Fsp3) is 0.417. The number of carbonyl (C=O) groups is 1. The number of hydrogen-bond acceptors (Lipinski definition) is 4. The van der Waals surface area contributed by atoms with Gasteiger partial charge < -0.3 is 20.5 Å². The molecule has 90 valence electrons. The Labute approximate surface area is 98.9 Å². The Morgan fingerprint density at radius 2 is 2.06 bits per heavy atom. The van der Waals surface area contributed by atoms with Crippen LogP contribution in [0, 0.1) is 11.8 Å². The highest BCUT2D eigenvalue weighted by molar-refractivity contribution is 5.97. The normalized spacial score (nSPS) is 24.5. The Morgan fingerprint density at radius 3 is 2.71 bits per heavy atom. The van der Waals surface area contributed by atoms with Gasteiger partial charge >= 0.3 is 0 Å². The smallest absolute Gasteiger partial charge is 0.231 e. The molecule has 0 spiro atoms. The lowest BCUT2D eigenvalue weighted by molar-refractivity contribution is -0.117. The molecule has 17 heavy (non-hydrogen) atoms. The fourth-order valence-corrected chi connectivity index (χ4v) is 1.98. The van der Waals surface area contributed by atoms with Gasteiger partial charge in [-0.1, -0.05) is 6.92 Å². The molecule has 3 N–H and O–H groups in total. The van der Waals surface area contributed by atoms with Crippen molar-refractivity contribution in [2.45, 2.75) is 13.3 Å². The minimum atomic E-state index is 0.0306. The number of nitrogens with two attached hydrogens (primary N) is 1. The van der Waals surface area contributed by atoms with Gasteiger partial charge in [0.1, 0.15) is 0 Å². The van der Waals surface area contributed by atoms with Crippen LogP contribution in [-0.2, 0) is 4.79 Å². The maximum Gasteiger partial charge on any atom is 0.231 e. The summed E-state index contributed by atoms with van der Waals surface area (Å²) in [5.41, 5.74) is 6.94. The van der Waals surface area contributed by atoms with Crippen LogP contribution in [0.1, 0.15) is 13.3 Å². The summed E-state index contributed by atoms with van der Waals surface area (Å²) >= 11 is 0. The second-order valence-electron chi connectivity index (χ2n) is 4.60. The van der Waals surface area contributed by atoms with E-state index in [2.05, 4.69) is 12.2 Å². The van der Waals surface area contributed by atoms with Crippen molar-refractivity contribution >= 4 is 17.3 Å². The number of fused-ring (bicyclic) bond motifs is 1. The average molecular weight is 234 g/mol. The van der Waals surface area contributed by atoms with Crippen molar-refractivity contribution in [1.82, 2.24) is 0 Å². The van der Waals surface area contributed by atoms with E-state index in [0.29, 0.717) is 28.8 Å². The average Bonchev–Trinajstić information content (AvgIpc) is 2.85. The van der Waals surface area contributed by atoms with Crippen LogP contribution in [0.15, 0.2) is 12.1 Å². The minimum Gasteiger partial charge on any atom is -0.454 e. The van der Waals surface area contributed by atoms with E-state index >= 15 is 0 Å². The van der Waals surface area contributed by atoms with Crippen LogP contribution in [0.25, 0.3) is 0 Å². The molecule has 3 rings (SSSR count). The quantitative estimate of drug-likeness (QED) is 0.762. The maximum atomic E-state index is 11.8. The number of amides is 1. The van der Waals surface area contributed by atoms with Crippen LogP contribution < -0.4 is 20.5 Å². The molecule has 1 amide bonds. The lowest BCUT2D eigenvalue weighted by atomic mass is 10.2. The summed E-state index contributed by atoms with van der Waals surface area (Å²) in [7, 11) is 0. The Bertz CT molecular complexity index is 487. The molecule has 2 aliphatic rings. The van der Waals surface area contributed by atoms with Crippen LogP contribution in [0.2, 0.25) is 0 Å². The van der Waals surface area contributed by atoms with Gasteiger partial charge in [-0.15, -0.1) is 0 Å². The number of hydrogen-bond donors (Lipinski definition) is 2. The zero-order chi connectivity index (χ0) is 12.0. The highest BCUT2D eigenvalue weighted by Crippen LogP contribution is 2.41. The van der Waals surface area contributed by atoms with Crippen LogP contribution in [0.3, 0.4) is 0 Å². The molecule has 1 aromatic carbocycles. The van der Waals surface area contributed by atoms with Crippen molar-refractivity contribution in [2.75, 3.05) is 17.8 Å². The third-order valence-corrected chi connectivity index (χ3v) is 3.25. The molecule has 1 saturated carbocycles. The Kier molecular flexibility index (Phi) is 2.14. The van der Waals surface area contributed by atoms with Crippen LogP contribution in [0.4, 0.5) is 11.4 Å². The number of nitrogen functional groups attached to an aromatic ring is 1. The van der Waals surface area contributed by atoms with Crippen molar-refractivity contribution in [3.63, 3.8) is 0 Å². The van der Waals surface area contributed by atoms with Gasteiger partial charge in [0, 0.05) is 18.1 Å². The summed E-state index contributed by atoms with van der Waals surface area (Å²) in [5, 5.41) is 2.83. The first-order valence-electron chi connectivity index (χ1n) is 5.65. The van der Waals surface area contributed by atoms with Gasteiger partial charge in [0.25, 0.3) is 0 Å². The molecule has 0 aromatic heterocycles. The van der Waals surface area contributed by atoms with Gasteiger partial charge in [-0.2, -0.15) is 0 Å². The molecular weight excluding hydrogens is 220 g/mol. The molecule has 1 heterocycles. The first-order valence-corrected chi connectivity index (χ1v) is 5.65. The lowest BCUT2D eigenvalue weighted by Gasteiger charge is -2.08. The lowest BCUT2D eigenvalue weighted by Crippen LogP contribution is -2.15. The Morgan fingerprint density at radius 1 is 1.41 bits per heavy atom. The zero-order valence-corrected chi connectivity index (χ0v) is 9.53. The molecule has 0 saturated heterocycles. The van der Waals surface area contributed by atoms with Gasteiger partial charge in [-0.05, 0) is 12.3 Å². The summed E-state index contributed by atoms with van der Waals surface area (Å²) < 4.78 is 10.4. The minimum absolute atomic E-state index is 0.0306.